The molecule has 0 amide bonds. The fraction of sp³-hybridized carbons (Fsp3) is 0.833. The summed E-state index contributed by atoms with van der Waals surface area (Å²) < 4.78 is 2.41. The lowest BCUT2D eigenvalue weighted by Crippen LogP contribution is -2.11. The van der Waals surface area contributed by atoms with Gasteiger partial charge in [0.15, 0.2) is 6.54 Å². The fourth-order valence-corrected chi connectivity index (χ4v) is 1.94. The maximum absolute atomic E-state index is 2.41. The summed E-state index contributed by atoms with van der Waals surface area (Å²) in [6.45, 7) is 6.84. The molecule has 0 unspecified atom stereocenters. The zero-order valence-electron chi connectivity index (χ0n) is 5.48. The van der Waals surface area contributed by atoms with Gasteiger partial charge in [-0.2, -0.15) is 0 Å². The maximum atomic E-state index is 2.41. The molecule has 1 aliphatic heterocycles. The summed E-state index contributed by atoms with van der Waals surface area (Å²) in [5, 5.41) is 1.49. The van der Waals surface area contributed by atoms with Gasteiger partial charge >= 0.3 is 0 Å². The van der Waals surface area contributed by atoms with Crippen molar-refractivity contribution in [1.29, 1.82) is 0 Å². The summed E-state index contributed by atoms with van der Waals surface area (Å²) in [6.07, 6.45) is 0. The molecule has 0 spiro atoms. The van der Waals surface area contributed by atoms with Crippen LogP contribution >= 0.6 is 11.8 Å². The van der Waals surface area contributed by atoms with E-state index in [2.05, 4.69) is 18.4 Å². The van der Waals surface area contributed by atoms with Gasteiger partial charge in [-0.15, -0.1) is 0 Å². The SMILES string of the molecule is CC[N+]1=C(C)SCC1. The largest absolute Gasteiger partial charge is 0.228 e. The van der Waals surface area contributed by atoms with Crippen molar-refractivity contribution in [1.82, 2.24) is 0 Å². The van der Waals surface area contributed by atoms with E-state index in [1.54, 1.807) is 0 Å². The van der Waals surface area contributed by atoms with Crippen molar-refractivity contribution >= 4 is 16.8 Å². The van der Waals surface area contributed by atoms with Gasteiger partial charge in [0.1, 0.15) is 6.54 Å². The van der Waals surface area contributed by atoms with E-state index in [0.29, 0.717) is 0 Å². The minimum Gasteiger partial charge on any atom is -0.228 e. The van der Waals surface area contributed by atoms with Gasteiger partial charge < -0.3 is 0 Å². The van der Waals surface area contributed by atoms with E-state index in [1.807, 2.05) is 11.8 Å². The molecule has 46 valence electrons. The predicted molar refractivity (Wildman–Crippen MR) is 38.8 cm³/mol. The quantitative estimate of drug-likeness (QED) is 0.482. The molecule has 0 aromatic heterocycles. The smallest absolute Gasteiger partial charge is 0.207 e. The molecular formula is C6H12NS+. The van der Waals surface area contributed by atoms with Crippen LogP contribution in [0.2, 0.25) is 0 Å². The van der Waals surface area contributed by atoms with Crippen molar-refractivity contribution in [3.05, 3.63) is 0 Å². The average molecular weight is 130 g/mol. The number of nitrogens with zero attached hydrogens (tertiary/aromatic N) is 1. The minimum absolute atomic E-state index is 1.18. The van der Waals surface area contributed by atoms with Gasteiger partial charge in [0, 0.05) is 6.92 Å². The second-order valence-corrected chi connectivity index (χ2v) is 3.23. The number of hydrogen-bond donors (Lipinski definition) is 0. The van der Waals surface area contributed by atoms with Crippen LogP contribution in [0.1, 0.15) is 13.8 Å². The van der Waals surface area contributed by atoms with E-state index < -0.39 is 0 Å². The highest BCUT2D eigenvalue weighted by atomic mass is 32.2. The molecule has 0 N–H and O–H groups in total. The van der Waals surface area contributed by atoms with Crippen molar-refractivity contribution in [2.24, 2.45) is 0 Å². The van der Waals surface area contributed by atoms with Crippen molar-refractivity contribution < 1.29 is 4.58 Å². The standard InChI is InChI=1S/C6H12NS/c1-3-7-4-5-8-6(7)2/h3-5H2,1-2H3/q+1. The first kappa shape index (κ1) is 6.14. The van der Waals surface area contributed by atoms with E-state index in [4.69, 9.17) is 0 Å². The average Bonchev–Trinajstić information content (AvgIpc) is 2.14. The molecule has 1 heterocycles. The van der Waals surface area contributed by atoms with Crippen molar-refractivity contribution in [3.8, 4) is 0 Å². The Kier molecular flexibility index (Phi) is 1.95. The first-order chi connectivity index (χ1) is 3.84. The Labute approximate surface area is 54.8 Å². The molecule has 0 saturated heterocycles. The zero-order valence-corrected chi connectivity index (χ0v) is 6.29. The third-order valence-electron chi connectivity index (χ3n) is 1.50. The lowest BCUT2D eigenvalue weighted by molar-refractivity contribution is -0.514. The van der Waals surface area contributed by atoms with Gasteiger partial charge in [-0.05, 0) is 6.92 Å². The van der Waals surface area contributed by atoms with E-state index in [1.165, 1.54) is 23.9 Å². The highest BCUT2D eigenvalue weighted by molar-refractivity contribution is 8.13. The molecule has 1 aliphatic rings. The molecule has 0 aromatic carbocycles. The van der Waals surface area contributed by atoms with Crippen LogP contribution in [-0.2, 0) is 0 Å². The van der Waals surface area contributed by atoms with E-state index >= 15 is 0 Å². The first-order valence-electron chi connectivity index (χ1n) is 3.06. The van der Waals surface area contributed by atoms with E-state index in [-0.39, 0.29) is 0 Å². The Balaban J connectivity index is 2.58. The number of hydrogen-bond acceptors (Lipinski definition) is 1. The van der Waals surface area contributed by atoms with Gasteiger partial charge in [-0.1, -0.05) is 11.8 Å². The maximum Gasteiger partial charge on any atom is 0.207 e. The van der Waals surface area contributed by atoms with Gasteiger partial charge in [-0.25, -0.2) is 4.58 Å². The molecule has 0 aliphatic carbocycles. The Morgan fingerprint density at radius 1 is 1.75 bits per heavy atom. The number of rotatable bonds is 1. The van der Waals surface area contributed by atoms with Crippen LogP contribution in [0.15, 0.2) is 0 Å². The van der Waals surface area contributed by atoms with Crippen LogP contribution in [0, 0.1) is 0 Å². The lowest BCUT2D eigenvalue weighted by Gasteiger charge is -1.89. The molecule has 2 heteroatoms. The lowest BCUT2D eigenvalue weighted by atomic mass is 10.6. The second kappa shape index (κ2) is 2.53. The van der Waals surface area contributed by atoms with E-state index in [9.17, 15) is 0 Å². The molecule has 0 saturated carbocycles. The van der Waals surface area contributed by atoms with Crippen LogP contribution in [0.3, 0.4) is 0 Å². The van der Waals surface area contributed by atoms with Crippen LogP contribution in [0.5, 0.6) is 0 Å². The molecule has 8 heavy (non-hydrogen) atoms. The van der Waals surface area contributed by atoms with Gasteiger partial charge in [-0.3, -0.25) is 0 Å². The summed E-state index contributed by atoms with van der Waals surface area (Å²) >= 11 is 1.97. The highest BCUT2D eigenvalue weighted by Crippen LogP contribution is 2.09. The van der Waals surface area contributed by atoms with Crippen molar-refractivity contribution in [3.63, 3.8) is 0 Å². The monoisotopic (exact) mass is 130 g/mol. The van der Waals surface area contributed by atoms with Gasteiger partial charge in [0.25, 0.3) is 0 Å². The van der Waals surface area contributed by atoms with E-state index in [0.717, 1.165) is 0 Å². The Hall–Kier alpha value is 0.0200. The summed E-state index contributed by atoms with van der Waals surface area (Å²) in [5.41, 5.74) is 0. The molecule has 0 atom stereocenters. The zero-order chi connectivity index (χ0) is 5.98. The third-order valence-corrected chi connectivity index (χ3v) is 2.56. The summed E-state index contributed by atoms with van der Waals surface area (Å²) in [5.74, 6) is 1.29. The normalized spacial score (nSPS) is 20.2. The van der Waals surface area contributed by atoms with Crippen molar-refractivity contribution in [2.45, 2.75) is 13.8 Å². The summed E-state index contributed by atoms with van der Waals surface area (Å²) in [7, 11) is 0. The Morgan fingerprint density at radius 3 is 2.75 bits per heavy atom. The molecule has 1 nitrogen and oxygen atoms in total. The van der Waals surface area contributed by atoms with Crippen LogP contribution in [-0.4, -0.2) is 28.5 Å². The van der Waals surface area contributed by atoms with Gasteiger partial charge in [0.05, 0.1) is 5.75 Å². The molecule has 0 fully saturated rings. The summed E-state index contributed by atoms with van der Waals surface area (Å²) in [4.78, 5) is 0. The third kappa shape index (κ3) is 1.05. The molecule has 1 rings (SSSR count). The number of thioether (sulfide) groups is 1. The minimum atomic E-state index is 1.18. The van der Waals surface area contributed by atoms with Crippen LogP contribution in [0.4, 0.5) is 0 Å². The molecule has 0 radical (unpaired) electrons. The molecule has 0 bridgehead atoms. The first-order valence-corrected chi connectivity index (χ1v) is 4.04. The van der Waals surface area contributed by atoms with Gasteiger partial charge in [0.2, 0.25) is 5.04 Å². The second-order valence-electron chi connectivity index (χ2n) is 1.95. The van der Waals surface area contributed by atoms with Crippen LogP contribution < -0.4 is 0 Å². The molecular weight excluding hydrogens is 118 g/mol. The highest BCUT2D eigenvalue weighted by Gasteiger charge is 2.15. The summed E-state index contributed by atoms with van der Waals surface area (Å²) in [6, 6.07) is 0. The van der Waals surface area contributed by atoms with Crippen LogP contribution in [0.25, 0.3) is 0 Å². The predicted octanol–water partition coefficient (Wildman–Crippen LogP) is 1.18. The topological polar surface area (TPSA) is 3.01 Å². The Morgan fingerprint density at radius 2 is 2.50 bits per heavy atom. The molecule has 0 aromatic rings. The fourth-order valence-electron chi connectivity index (χ4n) is 0.933. The van der Waals surface area contributed by atoms with Crippen molar-refractivity contribution in [2.75, 3.05) is 18.8 Å². The Bertz CT molecular complexity index is 118.